The normalized spacial score (nSPS) is 18.3. The third-order valence-corrected chi connectivity index (χ3v) is 3.20. The van der Waals surface area contributed by atoms with Crippen LogP contribution in [0.25, 0.3) is 0 Å². The Morgan fingerprint density at radius 1 is 1.53 bits per heavy atom. The molecule has 0 radical (unpaired) electrons. The first-order chi connectivity index (χ1) is 7.07. The maximum atomic E-state index is 11.8. The van der Waals surface area contributed by atoms with Gasteiger partial charge >= 0.3 is 0 Å². The lowest BCUT2D eigenvalue weighted by Crippen LogP contribution is -2.50. The molecule has 1 aliphatic rings. The molecule has 0 unspecified atom stereocenters. The molecule has 4 heteroatoms. The van der Waals surface area contributed by atoms with Crippen LogP contribution in [0.2, 0.25) is 0 Å². The van der Waals surface area contributed by atoms with Crippen molar-refractivity contribution in [1.29, 1.82) is 0 Å². The molecule has 4 nitrogen and oxygen atoms in total. The number of carbonyl (C=O) groups excluding carboxylic acids is 1. The minimum atomic E-state index is -0.186. The van der Waals surface area contributed by atoms with Gasteiger partial charge < -0.3 is 16.0 Å². The third kappa shape index (κ3) is 3.80. The predicted octanol–water partition coefficient (Wildman–Crippen LogP) is 0.326. The van der Waals surface area contributed by atoms with Gasteiger partial charge in [0.1, 0.15) is 0 Å². The van der Waals surface area contributed by atoms with Crippen molar-refractivity contribution >= 4 is 5.91 Å². The Morgan fingerprint density at radius 2 is 2.20 bits per heavy atom. The largest absolute Gasteiger partial charge is 0.346 e. The molecule has 0 saturated heterocycles. The van der Waals surface area contributed by atoms with Crippen molar-refractivity contribution in [3.8, 4) is 0 Å². The van der Waals surface area contributed by atoms with E-state index in [1.54, 1.807) is 4.90 Å². The summed E-state index contributed by atoms with van der Waals surface area (Å²) in [5.41, 5.74) is 5.85. The zero-order valence-corrected chi connectivity index (χ0v) is 9.88. The topological polar surface area (TPSA) is 58.4 Å². The molecule has 15 heavy (non-hydrogen) atoms. The fraction of sp³-hybridized carbons (Fsp3) is 0.909. The minimum Gasteiger partial charge on any atom is -0.346 e. The van der Waals surface area contributed by atoms with Crippen LogP contribution in [0.4, 0.5) is 0 Å². The van der Waals surface area contributed by atoms with Crippen molar-refractivity contribution < 1.29 is 4.79 Å². The van der Waals surface area contributed by atoms with Crippen LogP contribution in [0.5, 0.6) is 0 Å². The minimum absolute atomic E-state index is 0.186. The Hall–Kier alpha value is -0.610. The molecule has 0 aromatic rings. The van der Waals surface area contributed by atoms with Crippen LogP contribution >= 0.6 is 0 Å². The smallest absolute Gasteiger partial charge is 0.224 e. The molecule has 0 aliphatic heterocycles. The molecule has 1 saturated carbocycles. The van der Waals surface area contributed by atoms with Gasteiger partial charge in [0.05, 0.1) is 0 Å². The molecule has 0 bridgehead atoms. The summed E-state index contributed by atoms with van der Waals surface area (Å²) in [5, 5.41) is 3.07. The van der Waals surface area contributed by atoms with Crippen molar-refractivity contribution in [2.24, 2.45) is 5.73 Å². The highest BCUT2D eigenvalue weighted by Gasteiger charge is 2.35. The quantitative estimate of drug-likeness (QED) is 0.625. The number of nitrogens with one attached hydrogen (secondary N) is 1. The second-order valence-electron chi connectivity index (χ2n) is 4.67. The van der Waals surface area contributed by atoms with Gasteiger partial charge in [0.2, 0.25) is 5.91 Å². The number of rotatable bonds is 6. The van der Waals surface area contributed by atoms with E-state index < -0.39 is 0 Å². The number of hydrogen-bond acceptors (Lipinski definition) is 3. The second kappa shape index (κ2) is 5.47. The summed E-state index contributed by atoms with van der Waals surface area (Å²) < 4.78 is 0. The fourth-order valence-corrected chi connectivity index (χ4v) is 1.86. The monoisotopic (exact) mass is 213 g/mol. The summed E-state index contributed by atoms with van der Waals surface area (Å²) in [7, 11) is 3.78. The molecular weight excluding hydrogens is 190 g/mol. The number of carbonyl (C=O) groups is 1. The van der Waals surface area contributed by atoms with E-state index in [9.17, 15) is 4.79 Å². The Labute approximate surface area is 92.2 Å². The van der Waals surface area contributed by atoms with Crippen molar-refractivity contribution in [1.82, 2.24) is 10.2 Å². The number of nitrogens with zero attached hydrogens (tertiary/aromatic N) is 1. The molecule has 0 aromatic carbocycles. The van der Waals surface area contributed by atoms with Crippen LogP contribution < -0.4 is 11.1 Å². The highest BCUT2D eigenvalue weighted by Crippen LogP contribution is 2.32. The van der Waals surface area contributed by atoms with E-state index in [1.165, 1.54) is 6.42 Å². The molecule has 0 spiro atoms. The van der Waals surface area contributed by atoms with E-state index in [0.29, 0.717) is 6.42 Å². The third-order valence-electron chi connectivity index (χ3n) is 3.20. The zero-order valence-electron chi connectivity index (χ0n) is 9.88. The van der Waals surface area contributed by atoms with Crippen molar-refractivity contribution in [2.45, 2.75) is 37.6 Å². The number of amides is 1. The maximum absolute atomic E-state index is 11.8. The molecule has 1 rings (SSSR count). The van der Waals surface area contributed by atoms with Gasteiger partial charge in [-0.2, -0.15) is 0 Å². The molecule has 0 atom stereocenters. The zero-order chi connectivity index (χ0) is 11.3. The number of nitrogens with two attached hydrogens (primary N) is 1. The summed E-state index contributed by atoms with van der Waals surface area (Å²) in [4.78, 5) is 13.6. The van der Waals surface area contributed by atoms with E-state index in [4.69, 9.17) is 5.73 Å². The Bertz CT molecular complexity index is 214. The lowest BCUT2D eigenvalue weighted by molar-refractivity contribution is -0.132. The SMILES string of the molecule is CNCCCN(C)C(=O)CC1(N)CCC1. The molecular formula is C11H23N3O. The van der Waals surface area contributed by atoms with Gasteiger partial charge in [0.25, 0.3) is 0 Å². The fourth-order valence-electron chi connectivity index (χ4n) is 1.86. The van der Waals surface area contributed by atoms with Gasteiger partial charge in [-0.3, -0.25) is 4.79 Å². The summed E-state index contributed by atoms with van der Waals surface area (Å²) in [6.07, 6.45) is 4.69. The van der Waals surface area contributed by atoms with Gasteiger partial charge in [-0.05, 0) is 39.3 Å². The first-order valence-electron chi connectivity index (χ1n) is 5.75. The van der Waals surface area contributed by atoms with Gasteiger partial charge in [-0.1, -0.05) is 0 Å². The summed E-state index contributed by atoms with van der Waals surface area (Å²) >= 11 is 0. The molecule has 88 valence electrons. The van der Waals surface area contributed by atoms with Gasteiger partial charge in [0.15, 0.2) is 0 Å². The first-order valence-corrected chi connectivity index (χ1v) is 5.75. The van der Waals surface area contributed by atoms with E-state index in [1.807, 2.05) is 14.1 Å². The van der Waals surface area contributed by atoms with E-state index in [-0.39, 0.29) is 11.4 Å². The standard InChI is InChI=1S/C11H23N3O/c1-13-7-4-8-14(2)10(15)9-11(12)5-3-6-11/h13H,3-9,12H2,1-2H3. The first kappa shape index (κ1) is 12.5. The van der Waals surface area contributed by atoms with Gasteiger partial charge in [0, 0.05) is 25.6 Å². The summed E-state index contributed by atoms with van der Waals surface area (Å²) in [6, 6.07) is 0. The highest BCUT2D eigenvalue weighted by atomic mass is 16.2. The van der Waals surface area contributed by atoms with E-state index in [0.717, 1.165) is 32.4 Å². The van der Waals surface area contributed by atoms with Crippen LogP contribution in [0.1, 0.15) is 32.1 Å². The van der Waals surface area contributed by atoms with Crippen LogP contribution in [0, 0.1) is 0 Å². The average molecular weight is 213 g/mol. The van der Waals surface area contributed by atoms with Gasteiger partial charge in [-0.15, -0.1) is 0 Å². The Balaban J connectivity index is 2.20. The van der Waals surface area contributed by atoms with E-state index in [2.05, 4.69) is 5.32 Å². The van der Waals surface area contributed by atoms with Crippen LogP contribution in [0.3, 0.4) is 0 Å². The second-order valence-corrected chi connectivity index (χ2v) is 4.67. The molecule has 3 N–H and O–H groups in total. The molecule has 0 heterocycles. The van der Waals surface area contributed by atoms with Crippen LogP contribution in [-0.2, 0) is 4.79 Å². The molecule has 1 fully saturated rings. The average Bonchev–Trinajstić information content (AvgIpc) is 2.15. The Morgan fingerprint density at radius 3 is 2.67 bits per heavy atom. The van der Waals surface area contributed by atoms with Crippen molar-refractivity contribution in [2.75, 3.05) is 27.2 Å². The molecule has 0 aromatic heterocycles. The molecule has 1 aliphatic carbocycles. The van der Waals surface area contributed by atoms with Crippen LogP contribution in [0.15, 0.2) is 0 Å². The number of hydrogen-bond donors (Lipinski definition) is 2. The lowest BCUT2D eigenvalue weighted by Gasteiger charge is -2.38. The predicted molar refractivity (Wildman–Crippen MR) is 61.6 cm³/mol. The lowest BCUT2D eigenvalue weighted by atomic mass is 9.75. The molecule has 1 amide bonds. The highest BCUT2D eigenvalue weighted by molar-refractivity contribution is 5.77. The van der Waals surface area contributed by atoms with Crippen LogP contribution in [-0.4, -0.2) is 43.5 Å². The van der Waals surface area contributed by atoms with Crippen molar-refractivity contribution in [3.05, 3.63) is 0 Å². The summed E-state index contributed by atoms with van der Waals surface area (Å²) in [5.74, 6) is 0.188. The van der Waals surface area contributed by atoms with Gasteiger partial charge in [-0.25, -0.2) is 0 Å². The Kier molecular flexibility index (Phi) is 4.54. The summed E-state index contributed by atoms with van der Waals surface area (Å²) in [6.45, 7) is 1.77. The van der Waals surface area contributed by atoms with Crippen molar-refractivity contribution in [3.63, 3.8) is 0 Å². The maximum Gasteiger partial charge on any atom is 0.224 e. The van der Waals surface area contributed by atoms with E-state index >= 15 is 0 Å².